The molecule has 0 heterocycles. The normalized spacial score (nSPS) is 14.7. The third kappa shape index (κ3) is 3.06. The summed E-state index contributed by atoms with van der Waals surface area (Å²) in [6.07, 6.45) is 0.982. The lowest BCUT2D eigenvalue weighted by Gasteiger charge is -2.12. The largest absolute Gasteiger partial charge is 0.222 e. The Hall–Kier alpha value is -1.36. The number of hydrogen-bond acceptors (Lipinski definition) is 1. The van der Waals surface area contributed by atoms with Crippen LogP contribution in [0.25, 0.3) is 0 Å². The van der Waals surface area contributed by atoms with Crippen molar-refractivity contribution in [2.75, 3.05) is 0 Å². The highest BCUT2D eigenvalue weighted by Crippen LogP contribution is 2.24. The molecular formula is C13H16FN. The fourth-order valence-corrected chi connectivity index (χ4v) is 1.49. The Labute approximate surface area is 90.5 Å². The Morgan fingerprint density at radius 3 is 2.27 bits per heavy atom. The number of hydrogen-bond donors (Lipinski definition) is 0. The molecule has 0 saturated heterocycles. The summed E-state index contributed by atoms with van der Waals surface area (Å²) in [7, 11) is 0. The third-order valence-corrected chi connectivity index (χ3v) is 2.35. The molecule has 1 rings (SSSR count). The predicted octanol–water partition coefficient (Wildman–Crippen LogP) is 3.59. The third-order valence-electron chi connectivity index (χ3n) is 2.35. The molecule has 0 saturated carbocycles. The molecule has 2 heteroatoms. The van der Waals surface area contributed by atoms with Crippen molar-refractivity contribution in [2.45, 2.75) is 32.9 Å². The van der Waals surface area contributed by atoms with E-state index >= 15 is 0 Å². The molecule has 0 unspecified atom stereocenters. The van der Waals surface area contributed by atoms with Gasteiger partial charge in [-0.25, -0.2) is 4.39 Å². The summed E-state index contributed by atoms with van der Waals surface area (Å²) in [6.45, 7) is 5.56. The lowest BCUT2D eigenvalue weighted by atomic mass is 9.96. The van der Waals surface area contributed by atoms with Gasteiger partial charge in [0.1, 0.15) is 6.07 Å². The zero-order valence-electron chi connectivity index (χ0n) is 9.42. The summed E-state index contributed by atoms with van der Waals surface area (Å²) >= 11 is 0. The molecule has 0 aliphatic rings. The van der Waals surface area contributed by atoms with Gasteiger partial charge in [0.2, 0.25) is 5.67 Å². The van der Waals surface area contributed by atoms with Crippen LogP contribution < -0.4 is 0 Å². The second kappa shape index (κ2) is 4.44. The van der Waals surface area contributed by atoms with Crippen LogP contribution in [0.2, 0.25) is 0 Å². The Kier molecular flexibility index (Phi) is 3.47. The average molecular weight is 205 g/mol. The molecule has 0 spiro atoms. The molecule has 1 atom stereocenters. The van der Waals surface area contributed by atoms with Crippen LogP contribution in [-0.2, 0) is 12.1 Å². The smallest absolute Gasteiger partial charge is 0.218 e. The Morgan fingerprint density at radius 2 is 1.87 bits per heavy atom. The lowest BCUT2D eigenvalue weighted by Crippen LogP contribution is -2.11. The van der Waals surface area contributed by atoms with E-state index in [2.05, 4.69) is 13.8 Å². The molecule has 0 aliphatic carbocycles. The summed E-state index contributed by atoms with van der Waals surface area (Å²) in [6, 6.07) is 8.83. The van der Waals surface area contributed by atoms with Gasteiger partial charge in [0.15, 0.2) is 0 Å². The van der Waals surface area contributed by atoms with Gasteiger partial charge in [-0.05, 0) is 24.8 Å². The van der Waals surface area contributed by atoms with E-state index in [1.54, 1.807) is 18.2 Å². The Balaban J connectivity index is 2.87. The molecule has 0 aromatic heterocycles. The van der Waals surface area contributed by atoms with E-state index in [1.165, 1.54) is 12.5 Å². The Morgan fingerprint density at radius 1 is 1.33 bits per heavy atom. The topological polar surface area (TPSA) is 23.8 Å². The number of halogens is 1. The minimum Gasteiger partial charge on any atom is -0.222 e. The monoisotopic (exact) mass is 205 g/mol. The molecule has 0 bridgehead atoms. The number of alkyl halides is 1. The molecule has 0 N–H and O–H groups in total. The summed E-state index contributed by atoms with van der Waals surface area (Å²) in [5.41, 5.74) is -0.268. The zero-order chi connectivity index (χ0) is 11.5. The predicted molar refractivity (Wildman–Crippen MR) is 59.1 cm³/mol. The van der Waals surface area contributed by atoms with Crippen molar-refractivity contribution in [3.8, 4) is 6.07 Å². The van der Waals surface area contributed by atoms with Crippen molar-refractivity contribution in [1.82, 2.24) is 0 Å². The summed E-state index contributed by atoms with van der Waals surface area (Å²) < 4.78 is 13.6. The van der Waals surface area contributed by atoms with Crippen LogP contribution in [0.1, 0.15) is 31.9 Å². The molecular weight excluding hydrogens is 189 g/mol. The van der Waals surface area contributed by atoms with Crippen LogP contribution in [0.5, 0.6) is 0 Å². The molecule has 0 fully saturated rings. The Bertz CT molecular complexity index is 357. The summed E-state index contributed by atoms with van der Waals surface area (Å²) in [5, 5.41) is 8.64. The lowest BCUT2D eigenvalue weighted by molar-refractivity contribution is 0.274. The molecule has 1 nitrogen and oxygen atoms in total. The number of nitrogens with zero attached hydrogens (tertiary/aromatic N) is 1. The van der Waals surface area contributed by atoms with Crippen molar-refractivity contribution >= 4 is 0 Å². The van der Waals surface area contributed by atoms with Crippen molar-refractivity contribution in [1.29, 1.82) is 5.26 Å². The maximum atomic E-state index is 13.6. The highest BCUT2D eigenvalue weighted by molar-refractivity contribution is 5.31. The standard InChI is InChI=1S/C13H16FN/c1-10(2)8-11-4-6-12(7-5-11)13(3,14)9-15/h4-7,10H,8H2,1-3H3/t13-/m1/s1. The van der Waals surface area contributed by atoms with Gasteiger partial charge >= 0.3 is 0 Å². The van der Waals surface area contributed by atoms with Crippen LogP contribution >= 0.6 is 0 Å². The fraction of sp³-hybridized carbons (Fsp3) is 0.462. The van der Waals surface area contributed by atoms with E-state index in [1.807, 2.05) is 12.1 Å². The molecule has 0 radical (unpaired) electrons. The minimum absolute atomic E-state index is 0.428. The first-order chi connectivity index (χ1) is 6.95. The molecule has 1 aromatic carbocycles. The van der Waals surface area contributed by atoms with Gasteiger partial charge < -0.3 is 0 Å². The van der Waals surface area contributed by atoms with Gasteiger partial charge in [0.05, 0.1) is 0 Å². The summed E-state index contributed by atoms with van der Waals surface area (Å²) in [4.78, 5) is 0. The van der Waals surface area contributed by atoms with Crippen molar-refractivity contribution in [3.05, 3.63) is 35.4 Å². The van der Waals surface area contributed by atoms with Crippen molar-refractivity contribution < 1.29 is 4.39 Å². The zero-order valence-corrected chi connectivity index (χ0v) is 9.42. The maximum absolute atomic E-state index is 13.6. The minimum atomic E-state index is -1.88. The van der Waals surface area contributed by atoms with E-state index in [-0.39, 0.29) is 0 Å². The fourth-order valence-electron chi connectivity index (χ4n) is 1.49. The van der Waals surface area contributed by atoms with Gasteiger partial charge in [-0.3, -0.25) is 0 Å². The first-order valence-electron chi connectivity index (χ1n) is 5.15. The van der Waals surface area contributed by atoms with Crippen molar-refractivity contribution in [3.63, 3.8) is 0 Å². The summed E-state index contributed by atoms with van der Waals surface area (Å²) in [5.74, 6) is 0.587. The molecule has 0 aliphatic heterocycles. The van der Waals surface area contributed by atoms with Crippen LogP contribution in [0, 0.1) is 17.2 Å². The second-order valence-electron chi connectivity index (χ2n) is 4.41. The van der Waals surface area contributed by atoms with Gasteiger partial charge in [-0.15, -0.1) is 0 Å². The molecule has 80 valence electrons. The molecule has 15 heavy (non-hydrogen) atoms. The van der Waals surface area contributed by atoms with E-state index in [0.717, 1.165) is 6.42 Å². The van der Waals surface area contributed by atoms with E-state index in [4.69, 9.17) is 5.26 Å². The van der Waals surface area contributed by atoms with E-state index in [0.29, 0.717) is 11.5 Å². The van der Waals surface area contributed by atoms with Gasteiger partial charge in [-0.2, -0.15) is 5.26 Å². The van der Waals surface area contributed by atoms with Crippen LogP contribution in [0.3, 0.4) is 0 Å². The average Bonchev–Trinajstić information content (AvgIpc) is 2.18. The highest BCUT2D eigenvalue weighted by Gasteiger charge is 2.24. The van der Waals surface area contributed by atoms with Gasteiger partial charge in [-0.1, -0.05) is 38.1 Å². The first kappa shape index (κ1) is 11.7. The van der Waals surface area contributed by atoms with Crippen LogP contribution in [0.15, 0.2) is 24.3 Å². The first-order valence-corrected chi connectivity index (χ1v) is 5.15. The SMILES string of the molecule is CC(C)Cc1ccc([C@](C)(F)C#N)cc1. The van der Waals surface area contributed by atoms with Crippen molar-refractivity contribution in [2.24, 2.45) is 5.92 Å². The van der Waals surface area contributed by atoms with Crippen LogP contribution in [-0.4, -0.2) is 0 Å². The van der Waals surface area contributed by atoms with Crippen LogP contribution in [0.4, 0.5) is 4.39 Å². The molecule has 0 amide bonds. The van der Waals surface area contributed by atoms with Gasteiger partial charge in [0.25, 0.3) is 0 Å². The number of nitriles is 1. The second-order valence-corrected chi connectivity index (χ2v) is 4.41. The maximum Gasteiger partial charge on any atom is 0.218 e. The highest BCUT2D eigenvalue weighted by atomic mass is 19.1. The quantitative estimate of drug-likeness (QED) is 0.739. The van der Waals surface area contributed by atoms with Gasteiger partial charge in [0, 0.05) is 5.56 Å². The number of benzene rings is 1. The van der Waals surface area contributed by atoms with E-state index < -0.39 is 5.67 Å². The number of rotatable bonds is 3. The van der Waals surface area contributed by atoms with E-state index in [9.17, 15) is 4.39 Å². The molecule has 1 aromatic rings.